The minimum Gasteiger partial charge on any atom is -0.494 e. The number of ether oxygens (including phenoxy) is 1. The molecule has 4 bridgehead atoms. The number of fused-ring (bicyclic) bond motifs is 4. The van der Waals surface area contributed by atoms with Crippen LogP contribution in [0.1, 0.15) is 92.7 Å². The number of imidazole rings is 1. The predicted octanol–water partition coefficient (Wildman–Crippen LogP) is 5.22. The van der Waals surface area contributed by atoms with Crippen LogP contribution in [0.4, 0.5) is 0 Å². The molecule has 8 rings (SSSR count). The highest BCUT2D eigenvalue weighted by Crippen LogP contribution is 2.42. The number of rotatable bonds is 4. The Morgan fingerprint density at radius 1 is 1.02 bits per heavy atom. The van der Waals surface area contributed by atoms with Crippen LogP contribution in [0.25, 0.3) is 33.6 Å². The molecule has 4 aliphatic rings. The number of carbonyl (C=O) groups excluding carboxylic acids is 2. The van der Waals surface area contributed by atoms with E-state index in [-0.39, 0.29) is 36.0 Å². The summed E-state index contributed by atoms with van der Waals surface area (Å²) < 4.78 is 10.3. The van der Waals surface area contributed by atoms with E-state index in [9.17, 15) is 9.59 Å². The van der Waals surface area contributed by atoms with Gasteiger partial charge in [0.2, 0.25) is 5.91 Å². The van der Waals surface area contributed by atoms with Crippen molar-refractivity contribution in [3.8, 4) is 17.3 Å². The fraction of sp³-hybridized carbons (Fsp3) is 0.543. The van der Waals surface area contributed by atoms with Crippen molar-refractivity contribution in [2.75, 3.05) is 7.11 Å². The van der Waals surface area contributed by atoms with Gasteiger partial charge in [0.05, 0.1) is 30.1 Å². The lowest BCUT2D eigenvalue weighted by molar-refractivity contribution is -0.122. The summed E-state index contributed by atoms with van der Waals surface area (Å²) >= 11 is 0. The fourth-order valence-corrected chi connectivity index (χ4v) is 8.24. The van der Waals surface area contributed by atoms with Crippen molar-refractivity contribution >= 4 is 33.9 Å². The molecule has 2 amide bonds. The SMILES string of the molecule is COc1cc(C(=O)N2[C@H]3CC[C@@H]2[C@H](N)C3)cc2nc(-c3cc4ccc5nc4n3CCCCCCCC(=O)NC5C3CC3)n(C)c12. The number of amides is 2. The lowest BCUT2D eigenvalue weighted by Crippen LogP contribution is -2.40. The van der Waals surface area contributed by atoms with Crippen molar-refractivity contribution in [2.45, 2.75) is 101 Å². The minimum atomic E-state index is -0.0481. The summed E-state index contributed by atoms with van der Waals surface area (Å²) in [6.45, 7) is 0.831. The molecule has 4 aromatic rings. The van der Waals surface area contributed by atoms with Crippen molar-refractivity contribution in [2.24, 2.45) is 18.7 Å². The zero-order valence-electron chi connectivity index (χ0n) is 26.3. The maximum atomic E-state index is 13.8. The highest BCUT2D eigenvalue weighted by molar-refractivity contribution is 6.00. The smallest absolute Gasteiger partial charge is 0.254 e. The van der Waals surface area contributed by atoms with Gasteiger partial charge in [0.15, 0.2) is 5.82 Å². The lowest BCUT2D eigenvalue weighted by Gasteiger charge is -2.23. The van der Waals surface area contributed by atoms with Gasteiger partial charge >= 0.3 is 0 Å². The van der Waals surface area contributed by atoms with Crippen molar-refractivity contribution < 1.29 is 14.3 Å². The zero-order valence-corrected chi connectivity index (χ0v) is 26.3. The van der Waals surface area contributed by atoms with Crippen LogP contribution in [0.2, 0.25) is 0 Å². The minimum absolute atomic E-state index is 0.0131. The first-order valence-corrected chi connectivity index (χ1v) is 16.8. The maximum Gasteiger partial charge on any atom is 0.254 e. The largest absolute Gasteiger partial charge is 0.494 e. The number of methoxy groups -OCH3 is 1. The summed E-state index contributed by atoms with van der Waals surface area (Å²) in [5, 5.41) is 4.37. The summed E-state index contributed by atoms with van der Waals surface area (Å²) in [6.07, 6.45) is 10.9. The molecule has 1 unspecified atom stereocenters. The second-order valence-electron chi connectivity index (χ2n) is 13.7. The quantitative estimate of drug-likeness (QED) is 0.327. The van der Waals surface area contributed by atoms with Crippen LogP contribution >= 0.6 is 0 Å². The monoisotopic (exact) mass is 609 g/mol. The molecule has 3 aliphatic heterocycles. The number of hydrogen-bond donors (Lipinski definition) is 2. The zero-order chi connectivity index (χ0) is 30.8. The Kier molecular flexibility index (Phi) is 7.08. The van der Waals surface area contributed by atoms with Crippen LogP contribution in [0.5, 0.6) is 5.75 Å². The van der Waals surface area contributed by atoms with Gasteiger partial charge in [-0.05, 0) is 81.2 Å². The Balaban J connectivity index is 1.22. The summed E-state index contributed by atoms with van der Waals surface area (Å²) in [7, 11) is 3.66. The van der Waals surface area contributed by atoms with E-state index in [0.717, 1.165) is 110 Å². The Bertz CT molecular complexity index is 1800. The molecule has 1 aromatic carbocycles. The second kappa shape index (κ2) is 11.2. The van der Waals surface area contributed by atoms with E-state index >= 15 is 0 Å². The van der Waals surface area contributed by atoms with Gasteiger partial charge < -0.3 is 29.8 Å². The Labute approximate surface area is 263 Å². The average Bonchev–Trinajstić information content (AvgIpc) is 3.43. The predicted molar refractivity (Wildman–Crippen MR) is 173 cm³/mol. The van der Waals surface area contributed by atoms with Crippen LogP contribution in [0, 0.1) is 5.92 Å². The van der Waals surface area contributed by atoms with Crippen molar-refractivity contribution in [1.82, 2.24) is 29.3 Å². The number of aromatic nitrogens is 4. The van der Waals surface area contributed by atoms with Crippen molar-refractivity contribution in [1.29, 1.82) is 0 Å². The number of carbonyl (C=O) groups is 2. The third-order valence-corrected chi connectivity index (χ3v) is 10.7. The third-order valence-electron chi connectivity index (χ3n) is 10.7. The molecule has 10 nitrogen and oxygen atoms in total. The number of hydrogen-bond acceptors (Lipinski definition) is 6. The molecule has 6 heterocycles. The van der Waals surface area contributed by atoms with Crippen LogP contribution in [0.15, 0.2) is 30.3 Å². The van der Waals surface area contributed by atoms with Gasteiger partial charge in [0.1, 0.15) is 16.9 Å². The van der Waals surface area contributed by atoms with E-state index in [1.807, 2.05) is 24.1 Å². The molecule has 3 fully saturated rings. The number of nitrogens with zero attached hydrogens (tertiary/aromatic N) is 5. The van der Waals surface area contributed by atoms with Crippen LogP contribution in [0.3, 0.4) is 0 Å². The van der Waals surface area contributed by atoms with Gasteiger partial charge in [0.25, 0.3) is 5.91 Å². The van der Waals surface area contributed by atoms with Gasteiger partial charge in [-0.1, -0.05) is 19.3 Å². The van der Waals surface area contributed by atoms with E-state index in [1.165, 1.54) is 0 Å². The summed E-state index contributed by atoms with van der Waals surface area (Å²) in [4.78, 5) is 39.0. The highest BCUT2D eigenvalue weighted by Gasteiger charge is 2.47. The van der Waals surface area contributed by atoms with Crippen molar-refractivity contribution in [3.63, 3.8) is 0 Å². The summed E-state index contributed by atoms with van der Waals surface area (Å²) in [6, 6.07) is 10.5. The summed E-state index contributed by atoms with van der Waals surface area (Å²) in [5.74, 6) is 2.04. The number of nitrogens with two attached hydrogens (primary N) is 1. The number of benzene rings is 1. The Hall–Kier alpha value is -3.92. The van der Waals surface area contributed by atoms with Crippen molar-refractivity contribution in [3.05, 3.63) is 41.6 Å². The topological polar surface area (TPSA) is 120 Å². The van der Waals surface area contributed by atoms with Gasteiger partial charge in [-0.3, -0.25) is 9.59 Å². The Morgan fingerprint density at radius 3 is 2.60 bits per heavy atom. The first-order chi connectivity index (χ1) is 21.9. The molecule has 4 atom stereocenters. The average molecular weight is 610 g/mol. The van der Waals surface area contributed by atoms with Crippen LogP contribution < -0.4 is 15.8 Å². The molecule has 3 N–H and O–H groups in total. The van der Waals surface area contributed by atoms with Gasteiger partial charge in [0, 0.05) is 49.1 Å². The molecule has 0 radical (unpaired) electrons. The molecule has 2 saturated heterocycles. The van der Waals surface area contributed by atoms with E-state index in [1.54, 1.807) is 7.11 Å². The normalized spacial score (nSPS) is 25.7. The van der Waals surface area contributed by atoms with Gasteiger partial charge in [-0.15, -0.1) is 0 Å². The standard InChI is InChI=1S/C35H43N7O3/c1-40-32-26(16-22(18-29(32)45-2)35(44)42-23-12-14-27(42)24(36)19-23)38-34(40)28-17-21-11-13-25-31(20-9-10-20)39-30(43)8-6-4-3-5-7-15-41(28)33(21)37-25/h11,13,16-18,20,23-24,27,31H,3-10,12,14-15,19,36H2,1-2H3,(H,39,43)/t23-,24+,27+,31?/m0/s1. The molecular weight excluding hydrogens is 566 g/mol. The third kappa shape index (κ3) is 4.88. The lowest BCUT2D eigenvalue weighted by atomic mass is 9.97. The molecule has 0 spiro atoms. The van der Waals surface area contributed by atoms with Crippen LogP contribution in [-0.4, -0.2) is 61.1 Å². The first-order valence-electron chi connectivity index (χ1n) is 16.8. The maximum absolute atomic E-state index is 13.8. The molecule has 236 valence electrons. The number of pyridine rings is 1. The Morgan fingerprint density at radius 2 is 1.84 bits per heavy atom. The first kappa shape index (κ1) is 28.5. The molecule has 1 saturated carbocycles. The van der Waals surface area contributed by atoms with Gasteiger partial charge in [-0.2, -0.15) is 0 Å². The molecule has 10 heteroatoms. The van der Waals surface area contributed by atoms with Crippen LogP contribution in [-0.2, 0) is 18.4 Å². The second-order valence-corrected chi connectivity index (χ2v) is 13.7. The number of aryl methyl sites for hydroxylation is 2. The fourth-order valence-electron chi connectivity index (χ4n) is 8.24. The summed E-state index contributed by atoms with van der Waals surface area (Å²) in [5.41, 5.74) is 11.4. The van der Waals surface area contributed by atoms with E-state index < -0.39 is 0 Å². The van der Waals surface area contributed by atoms with E-state index in [4.69, 9.17) is 20.4 Å². The molecule has 45 heavy (non-hydrogen) atoms. The van der Waals surface area contributed by atoms with E-state index in [0.29, 0.717) is 23.7 Å². The highest BCUT2D eigenvalue weighted by atomic mass is 16.5. The molecular formula is C35H43N7O3. The van der Waals surface area contributed by atoms with E-state index in [2.05, 4.69) is 32.7 Å². The molecule has 3 aromatic heterocycles. The van der Waals surface area contributed by atoms with Gasteiger partial charge in [-0.25, -0.2) is 9.97 Å². The number of nitrogens with one attached hydrogen (secondary N) is 1. The molecule has 1 aliphatic carbocycles.